The molecule has 39 heavy (non-hydrogen) atoms. The molecule has 1 saturated carbocycles. The van der Waals surface area contributed by atoms with Crippen molar-refractivity contribution in [3.05, 3.63) is 53.5 Å². The van der Waals surface area contributed by atoms with Crippen molar-refractivity contribution in [1.29, 1.82) is 0 Å². The number of ether oxygens (including phenoxy) is 1. The number of imidazole rings is 1. The molecule has 0 saturated heterocycles. The lowest BCUT2D eigenvalue weighted by molar-refractivity contribution is 0.262. The van der Waals surface area contributed by atoms with Gasteiger partial charge in [0.15, 0.2) is 5.82 Å². The summed E-state index contributed by atoms with van der Waals surface area (Å²) >= 11 is 0. The zero-order valence-corrected chi connectivity index (χ0v) is 22.8. The largest absolute Gasteiger partial charge is 0.496 e. The van der Waals surface area contributed by atoms with Crippen LogP contribution in [-0.4, -0.2) is 59.6 Å². The Balaban J connectivity index is 1.20. The Morgan fingerprint density at radius 2 is 2.00 bits per heavy atom. The number of fused-ring (bicyclic) bond motifs is 2. The van der Waals surface area contributed by atoms with E-state index in [1.54, 1.807) is 11.8 Å². The van der Waals surface area contributed by atoms with Crippen molar-refractivity contribution < 1.29 is 4.74 Å². The second-order valence-corrected chi connectivity index (χ2v) is 10.6. The quantitative estimate of drug-likeness (QED) is 0.317. The van der Waals surface area contributed by atoms with Crippen molar-refractivity contribution >= 4 is 22.5 Å². The number of nitrogens with one attached hydrogen (secondary N) is 2. The lowest BCUT2D eigenvalue weighted by atomic mass is 10.0. The maximum atomic E-state index is 5.86. The van der Waals surface area contributed by atoms with Crippen LogP contribution in [0.5, 0.6) is 5.75 Å². The van der Waals surface area contributed by atoms with E-state index in [4.69, 9.17) is 19.8 Å². The van der Waals surface area contributed by atoms with E-state index in [0.717, 1.165) is 65.7 Å². The van der Waals surface area contributed by atoms with Gasteiger partial charge in [-0.05, 0) is 55.1 Å². The second kappa shape index (κ2) is 9.23. The molecule has 10 nitrogen and oxygen atoms in total. The topological polar surface area (TPSA) is 102 Å². The van der Waals surface area contributed by atoms with Crippen molar-refractivity contribution in [1.82, 2.24) is 39.4 Å². The maximum absolute atomic E-state index is 5.86. The molecular formula is C29H33N9O. The summed E-state index contributed by atoms with van der Waals surface area (Å²) in [5.74, 6) is 3.57. The van der Waals surface area contributed by atoms with Gasteiger partial charge in [0.1, 0.15) is 11.6 Å². The number of aromatic nitrogens is 7. The number of aromatic amines is 1. The Morgan fingerprint density at radius 1 is 1.13 bits per heavy atom. The van der Waals surface area contributed by atoms with Gasteiger partial charge in [-0.2, -0.15) is 10.1 Å². The van der Waals surface area contributed by atoms with Crippen LogP contribution in [-0.2, 0) is 27.1 Å². The summed E-state index contributed by atoms with van der Waals surface area (Å²) < 4.78 is 9.86. The SMILES string of the molecule is CCN1CCc2c(nc(-c3ccc(-c4nc(Nc5ccc6[nH]ncc6c5C5CC5)n(C)n4)cc3OC)n2C)C1. The van der Waals surface area contributed by atoms with E-state index in [-0.39, 0.29) is 0 Å². The first-order valence-electron chi connectivity index (χ1n) is 13.6. The first-order chi connectivity index (χ1) is 19.0. The number of methoxy groups -OCH3 is 1. The average Bonchev–Trinajstić information content (AvgIpc) is 3.42. The predicted octanol–water partition coefficient (Wildman–Crippen LogP) is 4.77. The fraction of sp³-hybridized carbons (Fsp3) is 0.379. The smallest absolute Gasteiger partial charge is 0.225 e. The highest BCUT2D eigenvalue weighted by molar-refractivity contribution is 5.89. The van der Waals surface area contributed by atoms with Gasteiger partial charge in [-0.1, -0.05) is 13.0 Å². The van der Waals surface area contributed by atoms with E-state index >= 15 is 0 Å². The molecule has 0 bridgehead atoms. The van der Waals surface area contributed by atoms with Gasteiger partial charge in [-0.15, -0.1) is 5.10 Å². The Morgan fingerprint density at radius 3 is 2.79 bits per heavy atom. The molecule has 2 aliphatic rings. The Bertz CT molecular complexity index is 1690. The molecule has 2 aromatic carbocycles. The predicted molar refractivity (Wildman–Crippen MR) is 151 cm³/mol. The van der Waals surface area contributed by atoms with Crippen LogP contribution >= 0.6 is 0 Å². The Kier molecular flexibility index (Phi) is 5.66. The molecule has 5 aromatic rings. The van der Waals surface area contributed by atoms with Crippen LogP contribution in [0.2, 0.25) is 0 Å². The molecule has 1 aliphatic heterocycles. The molecular weight excluding hydrogens is 490 g/mol. The lowest BCUT2D eigenvalue weighted by Crippen LogP contribution is -2.30. The number of likely N-dealkylation sites (N-methyl/N-ethyl adjacent to an activating group) is 1. The van der Waals surface area contributed by atoms with Crippen molar-refractivity contribution in [2.75, 3.05) is 25.5 Å². The molecule has 200 valence electrons. The summed E-state index contributed by atoms with van der Waals surface area (Å²) in [5.41, 5.74) is 7.75. The summed E-state index contributed by atoms with van der Waals surface area (Å²) in [7, 11) is 5.72. The lowest BCUT2D eigenvalue weighted by Gasteiger charge is -2.24. The van der Waals surface area contributed by atoms with Gasteiger partial charge in [0.25, 0.3) is 0 Å². The molecule has 1 fully saturated rings. The number of anilines is 2. The van der Waals surface area contributed by atoms with Crippen molar-refractivity contribution in [2.24, 2.45) is 14.1 Å². The maximum Gasteiger partial charge on any atom is 0.225 e. The summed E-state index contributed by atoms with van der Waals surface area (Å²) in [4.78, 5) is 12.3. The molecule has 1 aliphatic carbocycles. The van der Waals surface area contributed by atoms with Crippen LogP contribution in [0.25, 0.3) is 33.7 Å². The van der Waals surface area contributed by atoms with Gasteiger partial charge >= 0.3 is 0 Å². The average molecular weight is 524 g/mol. The molecule has 7 rings (SSSR count). The minimum atomic E-state index is 0.556. The highest BCUT2D eigenvalue weighted by Crippen LogP contribution is 2.47. The first-order valence-corrected chi connectivity index (χ1v) is 13.6. The minimum absolute atomic E-state index is 0.556. The molecule has 0 amide bonds. The Labute approximate surface area is 227 Å². The minimum Gasteiger partial charge on any atom is -0.496 e. The van der Waals surface area contributed by atoms with Crippen LogP contribution in [0.3, 0.4) is 0 Å². The van der Waals surface area contributed by atoms with Gasteiger partial charge in [-0.25, -0.2) is 9.67 Å². The van der Waals surface area contributed by atoms with E-state index in [1.165, 1.54) is 29.5 Å². The van der Waals surface area contributed by atoms with Crippen LogP contribution in [0, 0.1) is 0 Å². The van der Waals surface area contributed by atoms with Gasteiger partial charge in [0.2, 0.25) is 5.95 Å². The third kappa shape index (κ3) is 4.06. The van der Waals surface area contributed by atoms with Crippen LogP contribution in [0.1, 0.15) is 42.6 Å². The van der Waals surface area contributed by atoms with Crippen molar-refractivity contribution in [3.63, 3.8) is 0 Å². The molecule has 10 heteroatoms. The molecule has 0 atom stereocenters. The van der Waals surface area contributed by atoms with Crippen LogP contribution in [0.15, 0.2) is 36.5 Å². The van der Waals surface area contributed by atoms with Crippen molar-refractivity contribution in [3.8, 4) is 28.5 Å². The molecule has 2 N–H and O–H groups in total. The first kappa shape index (κ1) is 23.9. The molecule has 0 radical (unpaired) electrons. The standard InChI is InChI=1S/C29H33N9O/c1-5-38-13-12-24-23(16-38)31-28(36(24)2)19-9-8-18(14-25(19)39-4)27-33-29(37(3)35-27)32-22-11-10-21-20(15-30-34-21)26(22)17-6-7-17/h8-11,14-15,17H,5-7,12-13,16H2,1-4H3,(H,30,34)(H,32,33,35). The third-order valence-corrected chi connectivity index (χ3v) is 8.14. The van der Waals surface area contributed by atoms with E-state index in [2.05, 4.69) is 63.2 Å². The number of aryl methyl sites for hydroxylation is 1. The van der Waals surface area contributed by atoms with E-state index < -0.39 is 0 Å². The molecule has 3 aromatic heterocycles. The molecule has 4 heterocycles. The number of H-pyrrole nitrogens is 1. The van der Waals surface area contributed by atoms with Gasteiger partial charge < -0.3 is 14.6 Å². The van der Waals surface area contributed by atoms with Crippen molar-refractivity contribution in [2.45, 2.75) is 38.6 Å². The normalized spacial score (nSPS) is 15.6. The third-order valence-electron chi connectivity index (χ3n) is 8.14. The van der Waals surface area contributed by atoms with Gasteiger partial charge in [0.05, 0.1) is 30.1 Å². The number of nitrogens with zero attached hydrogens (tertiary/aromatic N) is 7. The summed E-state index contributed by atoms with van der Waals surface area (Å²) in [6, 6.07) is 10.3. The number of hydrogen-bond acceptors (Lipinski definition) is 7. The van der Waals surface area contributed by atoms with E-state index in [1.807, 2.05) is 19.3 Å². The summed E-state index contributed by atoms with van der Waals surface area (Å²) in [6.07, 6.45) is 5.33. The van der Waals surface area contributed by atoms with E-state index in [0.29, 0.717) is 17.7 Å². The number of benzene rings is 2. The number of rotatable bonds is 7. The van der Waals surface area contributed by atoms with Crippen LogP contribution < -0.4 is 10.1 Å². The second-order valence-electron chi connectivity index (χ2n) is 10.6. The summed E-state index contributed by atoms with van der Waals surface area (Å²) in [6.45, 7) is 5.20. The van der Waals surface area contributed by atoms with Crippen LogP contribution in [0.4, 0.5) is 11.6 Å². The van der Waals surface area contributed by atoms with E-state index in [9.17, 15) is 0 Å². The summed E-state index contributed by atoms with van der Waals surface area (Å²) in [5, 5.41) is 16.8. The zero-order valence-electron chi connectivity index (χ0n) is 22.8. The fourth-order valence-electron chi connectivity index (χ4n) is 5.80. The zero-order chi connectivity index (χ0) is 26.7. The highest BCUT2D eigenvalue weighted by Gasteiger charge is 2.29. The molecule has 0 spiro atoms. The van der Waals surface area contributed by atoms with Gasteiger partial charge in [-0.3, -0.25) is 10.00 Å². The monoisotopic (exact) mass is 523 g/mol. The Hall–Kier alpha value is -4.18. The fourth-order valence-corrected chi connectivity index (χ4v) is 5.80. The molecule has 0 unspecified atom stereocenters. The van der Waals surface area contributed by atoms with Gasteiger partial charge in [0, 0.05) is 55.9 Å². The highest BCUT2D eigenvalue weighted by atomic mass is 16.5. The number of hydrogen-bond donors (Lipinski definition) is 2.